The van der Waals surface area contributed by atoms with Gasteiger partial charge < -0.3 is 9.47 Å². The van der Waals surface area contributed by atoms with Crippen molar-refractivity contribution in [1.29, 1.82) is 0 Å². The molecule has 1 saturated heterocycles. The third-order valence-corrected chi connectivity index (χ3v) is 8.21. The summed E-state index contributed by atoms with van der Waals surface area (Å²) in [5, 5.41) is 4.53. The Balaban J connectivity index is 1.35. The van der Waals surface area contributed by atoms with Crippen LogP contribution in [-0.2, 0) is 33.2 Å². The molecule has 1 atom stereocenters. The molecule has 2 aliphatic rings. The van der Waals surface area contributed by atoms with E-state index in [0.717, 1.165) is 12.1 Å². The Kier molecular flexibility index (Phi) is 7.40. The second-order valence-electron chi connectivity index (χ2n) is 9.98. The van der Waals surface area contributed by atoms with Crippen LogP contribution < -0.4 is 14.2 Å². The number of alkyl halides is 5. The van der Waals surface area contributed by atoms with Gasteiger partial charge in [0.2, 0.25) is 11.8 Å². The number of hydrogen-bond donors (Lipinski definition) is 2. The summed E-state index contributed by atoms with van der Waals surface area (Å²) in [6.45, 7) is 2.34. The fourth-order valence-electron chi connectivity index (χ4n) is 4.81. The number of nitrogens with one attached hydrogen (secondary N) is 2. The van der Waals surface area contributed by atoms with Crippen molar-refractivity contribution in [2.45, 2.75) is 56.4 Å². The fraction of sp³-hybridized carbons (Fsp3) is 0.423. The summed E-state index contributed by atoms with van der Waals surface area (Å²) in [5.41, 5.74) is -0.168. The van der Waals surface area contributed by atoms with Gasteiger partial charge in [-0.2, -0.15) is 36.1 Å². The highest BCUT2D eigenvalue weighted by atomic mass is 32.2. The lowest BCUT2D eigenvalue weighted by Gasteiger charge is -2.42. The van der Waals surface area contributed by atoms with E-state index < -0.39 is 45.9 Å². The average Bonchev–Trinajstić information content (AvgIpc) is 3.42. The first-order valence-corrected chi connectivity index (χ1v) is 14.1. The molecule has 1 unspecified atom stereocenters. The van der Waals surface area contributed by atoms with Crippen LogP contribution in [0.3, 0.4) is 0 Å². The number of halogens is 5. The fourth-order valence-corrected chi connectivity index (χ4v) is 6.25. The minimum Gasteiger partial charge on any atom is -0.439 e. The monoisotopic (exact) mass is 586 g/mol. The van der Waals surface area contributed by atoms with E-state index in [1.165, 1.54) is 12.1 Å². The van der Waals surface area contributed by atoms with E-state index in [0.29, 0.717) is 29.2 Å². The van der Waals surface area contributed by atoms with Gasteiger partial charge in [-0.3, -0.25) is 0 Å². The van der Waals surface area contributed by atoms with E-state index in [4.69, 9.17) is 9.47 Å². The van der Waals surface area contributed by atoms with Crippen LogP contribution in [0, 0.1) is 0 Å². The van der Waals surface area contributed by atoms with E-state index in [1.54, 1.807) is 35.0 Å². The number of ether oxygens (including phenoxy) is 2. The SMILES string of the molecule is CCn1nc(-c2cccc(C3(NS(=O)(=O)NC4CCC(F)(F)C4)COC3)c2)cc1Oc1ccc(C(F)(F)F)cc1. The third kappa shape index (κ3) is 6.14. The number of aromatic nitrogens is 2. The highest BCUT2D eigenvalue weighted by Gasteiger charge is 2.46. The zero-order valence-electron chi connectivity index (χ0n) is 21.3. The average molecular weight is 587 g/mol. The standard InChI is InChI=1S/C26H27F5N4O4S/c1-2-35-23(39-21-8-6-18(7-9-21)26(29,30)31)13-22(32-35)17-4-3-5-19(12-17)24(15-38-16-24)34-40(36,37)33-20-10-11-25(27,28)14-20/h3-9,12-13,20,33-34H,2,10-11,14-16H2,1H3. The molecule has 216 valence electrons. The molecule has 0 amide bonds. The second kappa shape index (κ2) is 10.4. The van der Waals surface area contributed by atoms with Gasteiger partial charge in [0.1, 0.15) is 11.3 Å². The lowest BCUT2D eigenvalue weighted by Crippen LogP contribution is -2.62. The second-order valence-corrected chi connectivity index (χ2v) is 11.4. The molecule has 3 aromatic rings. The van der Waals surface area contributed by atoms with Gasteiger partial charge in [-0.1, -0.05) is 18.2 Å². The van der Waals surface area contributed by atoms with Gasteiger partial charge in [-0.25, -0.2) is 13.5 Å². The summed E-state index contributed by atoms with van der Waals surface area (Å²) >= 11 is 0. The third-order valence-electron chi connectivity index (χ3n) is 6.91. The predicted octanol–water partition coefficient (Wildman–Crippen LogP) is 5.22. The van der Waals surface area contributed by atoms with Gasteiger partial charge in [0.25, 0.3) is 10.2 Å². The maximum absolute atomic E-state index is 13.6. The van der Waals surface area contributed by atoms with Crippen LogP contribution in [0.15, 0.2) is 54.6 Å². The van der Waals surface area contributed by atoms with E-state index >= 15 is 0 Å². The van der Waals surface area contributed by atoms with Crippen molar-refractivity contribution in [3.05, 3.63) is 65.7 Å². The minimum absolute atomic E-state index is 0.0455. The maximum Gasteiger partial charge on any atom is 0.416 e. The molecule has 2 aromatic carbocycles. The van der Waals surface area contributed by atoms with Crippen molar-refractivity contribution in [2.75, 3.05) is 13.2 Å². The van der Waals surface area contributed by atoms with Crippen molar-refractivity contribution in [2.24, 2.45) is 0 Å². The summed E-state index contributed by atoms with van der Waals surface area (Å²) in [4.78, 5) is 0. The van der Waals surface area contributed by atoms with Gasteiger partial charge in [-0.15, -0.1) is 0 Å². The molecule has 2 fully saturated rings. The first-order chi connectivity index (χ1) is 18.8. The van der Waals surface area contributed by atoms with Crippen molar-refractivity contribution >= 4 is 10.2 Å². The van der Waals surface area contributed by atoms with Crippen LogP contribution in [0.5, 0.6) is 11.6 Å². The van der Waals surface area contributed by atoms with Gasteiger partial charge >= 0.3 is 6.18 Å². The Labute approximate surface area is 227 Å². The molecule has 0 spiro atoms. The van der Waals surface area contributed by atoms with Gasteiger partial charge in [0, 0.05) is 37.1 Å². The Morgan fingerprint density at radius 2 is 1.85 bits per heavy atom. The van der Waals surface area contributed by atoms with Crippen molar-refractivity contribution in [3.63, 3.8) is 0 Å². The van der Waals surface area contributed by atoms with E-state index in [-0.39, 0.29) is 31.8 Å². The number of hydrogen-bond acceptors (Lipinski definition) is 5. The summed E-state index contributed by atoms with van der Waals surface area (Å²) < 4.78 is 109. The van der Waals surface area contributed by atoms with Gasteiger partial charge in [0.05, 0.1) is 24.5 Å². The Morgan fingerprint density at radius 1 is 1.12 bits per heavy atom. The topological polar surface area (TPSA) is 94.5 Å². The first kappa shape index (κ1) is 28.5. The lowest BCUT2D eigenvalue weighted by molar-refractivity contribution is -0.137. The number of nitrogens with zero attached hydrogens (tertiary/aromatic N) is 2. The van der Waals surface area contributed by atoms with E-state index in [9.17, 15) is 30.4 Å². The summed E-state index contributed by atoms with van der Waals surface area (Å²) in [7, 11) is -4.14. The zero-order valence-corrected chi connectivity index (χ0v) is 22.2. The van der Waals surface area contributed by atoms with Crippen molar-refractivity contribution in [3.8, 4) is 22.9 Å². The zero-order chi connectivity index (χ0) is 28.8. The molecule has 5 rings (SSSR count). The molecule has 1 saturated carbocycles. The molecule has 1 aromatic heterocycles. The van der Waals surface area contributed by atoms with Crippen molar-refractivity contribution in [1.82, 2.24) is 19.2 Å². The molecular weight excluding hydrogens is 559 g/mol. The molecule has 0 radical (unpaired) electrons. The van der Waals surface area contributed by atoms with Crippen LogP contribution in [0.25, 0.3) is 11.3 Å². The largest absolute Gasteiger partial charge is 0.439 e. The van der Waals surface area contributed by atoms with Crippen molar-refractivity contribution < 1.29 is 39.8 Å². The van der Waals surface area contributed by atoms with Crippen LogP contribution in [0.2, 0.25) is 0 Å². The first-order valence-electron chi connectivity index (χ1n) is 12.6. The van der Waals surface area contributed by atoms with Gasteiger partial charge in [-0.05, 0) is 49.2 Å². The van der Waals surface area contributed by atoms with E-state index in [2.05, 4.69) is 14.5 Å². The maximum atomic E-state index is 13.6. The summed E-state index contributed by atoms with van der Waals surface area (Å²) in [5.74, 6) is -2.38. The Morgan fingerprint density at radius 3 is 2.42 bits per heavy atom. The molecule has 40 heavy (non-hydrogen) atoms. The smallest absolute Gasteiger partial charge is 0.416 e. The minimum atomic E-state index is -4.46. The summed E-state index contributed by atoms with van der Waals surface area (Å²) in [6, 6.07) is 12.1. The van der Waals surface area contributed by atoms with Crippen LogP contribution >= 0.6 is 0 Å². The number of benzene rings is 2. The number of rotatable bonds is 9. The number of aryl methyl sites for hydroxylation is 1. The molecular formula is C26H27F5N4O4S. The Hall–Kier alpha value is -3.07. The highest BCUT2D eigenvalue weighted by Crippen LogP contribution is 2.37. The molecule has 14 heteroatoms. The molecule has 8 nitrogen and oxygen atoms in total. The quantitative estimate of drug-likeness (QED) is 0.336. The highest BCUT2D eigenvalue weighted by molar-refractivity contribution is 7.87. The predicted molar refractivity (Wildman–Crippen MR) is 135 cm³/mol. The molecule has 2 N–H and O–H groups in total. The normalized spacial score (nSPS) is 20.3. The molecule has 0 bridgehead atoms. The van der Waals surface area contributed by atoms with Crippen LogP contribution in [-0.4, -0.2) is 43.4 Å². The Bertz CT molecular complexity index is 1470. The van der Waals surface area contributed by atoms with E-state index in [1.807, 2.05) is 6.92 Å². The van der Waals surface area contributed by atoms with Crippen LogP contribution in [0.4, 0.5) is 22.0 Å². The lowest BCUT2D eigenvalue weighted by atomic mass is 9.88. The molecule has 1 aliphatic heterocycles. The van der Waals surface area contributed by atoms with Gasteiger partial charge in [0.15, 0.2) is 0 Å². The molecule has 1 aliphatic carbocycles. The molecule has 2 heterocycles. The van der Waals surface area contributed by atoms with Crippen LogP contribution in [0.1, 0.15) is 37.3 Å². The summed E-state index contributed by atoms with van der Waals surface area (Å²) in [6.07, 6.45) is -5.33.